The maximum atomic E-state index is 12.2. The lowest BCUT2D eigenvalue weighted by atomic mass is 10.0. The van der Waals surface area contributed by atoms with Gasteiger partial charge in [0.2, 0.25) is 5.75 Å². The van der Waals surface area contributed by atoms with Crippen LogP contribution >= 0.6 is 0 Å². The number of phenolic OH excluding ortho intramolecular Hbond substituents is 1. The molecule has 0 saturated heterocycles. The second kappa shape index (κ2) is 7.14. The summed E-state index contributed by atoms with van der Waals surface area (Å²) < 4.78 is 14.6. The van der Waals surface area contributed by atoms with Gasteiger partial charge in [-0.1, -0.05) is 19.2 Å². The molecule has 6 heteroatoms. The van der Waals surface area contributed by atoms with Gasteiger partial charge in [0.05, 0.1) is 14.2 Å². The van der Waals surface area contributed by atoms with Crippen molar-refractivity contribution in [2.75, 3.05) is 20.8 Å². The van der Waals surface area contributed by atoms with E-state index >= 15 is 0 Å². The number of ketones is 1. The first kappa shape index (κ1) is 16.3. The van der Waals surface area contributed by atoms with Crippen LogP contribution in [0.4, 0.5) is 0 Å². The zero-order chi connectivity index (χ0) is 16.0. The summed E-state index contributed by atoms with van der Waals surface area (Å²) in [6.07, 6.45) is 1.38. The molecule has 1 aromatic rings. The molecule has 6 nitrogen and oxygen atoms in total. The van der Waals surface area contributed by atoms with Gasteiger partial charge in [-0.15, -0.1) is 0 Å². The number of hydrogen-bond donors (Lipinski definition) is 1. The number of rotatable bonds is 7. The highest BCUT2D eigenvalue weighted by atomic mass is 16.5. The number of esters is 1. The Balaban J connectivity index is 3.09. The average molecular weight is 292 g/mol. The molecule has 0 unspecified atom stereocenters. The number of ether oxygens (including phenoxy) is 3. The number of hydrogen-bond acceptors (Lipinski definition) is 6. The van der Waals surface area contributed by atoms with Gasteiger partial charge in [-0.2, -0.15) is 0 Å². The van der Waals surface area contributed by atoms with Crippen molar-refractivity contribution < 1.29 is 28.9 Å². The fourth-order valence-corrected chi connectivity index (χ4v) is 1.51. The molecular formula is C15H16O6. The Hall–Kier alpha value is -2.76. The lowest BCUT2D eigenvalue weighted by Gasteiger charge is -2.11. The number of phenols is 1. The van der Waals surface area contributed by atoms with E-state index in [1.54, 1.807) is 0 Å². The van der Waals surface area contributed by atoms with E-state index in [2.05, 4.69) is 13.2 Å². The van der Waals surface area contributed by atoms with E-state index in [-0.39, 0.29) is 35.0 Å². The van der Waals surface area contributed by atoms with E-state index in [1.807, 2.05) is 0 Å². The van der Waals surface area contributed by atoms with E-state index in [0.717, 1.165) is 0 Å². The maximum absolute atomic E-state index is 12.2. The molecule has 0 heterocycles. The maximum Gasteiger partial charge on any atom is 0.341 e. The molecule has 0 spiro atoms. The lowest BCUT2D eigenvalue weighted by molar-refractivity contribution is -0.137. The Labute approximate surface area is 122 Å². The van der Waals surface area contributed by atoms with E-state index < -0.39 is 11.8 Å². The Morgan fingerprint density at radius 3 is 2.19 bits per heavy atom. The van der Waals surface area contributed by atoms with E-state index in [4.69, 9.17) is 14.2 Å². The summed E-state index contributed by atoms with van der Waals surface area (Å²) in [5.41, 5.74) is -0.256. The Bertz CT molecular complexity index is 563. The molecule has 0 bridgehead atoms. The summed E-state index contributed by atoms with van der Waals surface area (Å²) in [5.74, 6) is -1.64. The molecule has 1 aromatic carbocycles. The zero-order valence-electron chi connectivity index (χ0n) is 11.8. The average Bonchev–Trinajstić information content (AvgIpc) is 2.51. The number of aromatic hydroxyl groups is 1. The quantitative estimate of drug-likeness (QED) is 0.206. The van der Waals surface area contributed by atoms with Gasteiger partial charge in [0.25, 0.3) is 0 Å². The van der Waals surface area contributed by atoms with Crippen molar-refractivity contribution in [3.63, 3.8) is 0 Å². The summed E-state index contributed by atoms with van der Waals surface area (Å²) in [5, 5.41) is 9.77. The van der Waals surface area contributed by atoms with Crippen LogP contribution in [0.25, 0.3) is 0 Å². The predicted molar refractivity (Wildman–Crippen MR) is 75.8 cm³/mol. The third kappa shape index (κ3) is 3.62. The Morgan fingerprint density at radius 2 is 1.76 bits per heavy atom. The van der Waals surface area contributed by atoms with Gasteiger partial charge in [0.15, 0.2) is 17.3 Å². The van der Waals surface area contributed by atoms with Crippen molar-refractivity contribution in [2.24, 2.45) is 0 Å². The van der Waals surface area contributed by atoms with Crippen LogP contribution in [0.15, 0.2) is 36.9 Å². The minimum absolute atomic E-state index is 0.0205. The minimum Gasteiger partial charge on any atom is -0.502 e. The molecule has 0 amide bonds. The third-order valence-electron chi connectivity index (χ3n) is 2.59. The van der Waals surface area contributed by atoms with Crippen LogP contribution in [0, 0.1) is 0 Å². The molecule has 0 saturated carbocycles. The monoisotopic (exact) mass is 292 g/mol. The number of benzene rings is 1. The fourth-order valence-electron chi connectivity index (χ4n) is 1.51. The third-order valence-corrected chi connectivity index (χ3v) is 2.59. The zero-order valence-corrected chi connectivity index (χ0v) is 11.8. The van der Waals surface area contributed by atoms with Crippen LogP contribution in [0.3, 0.4) is 0 Å². The fraction of sp³-hybridized carbons (Fsp3) is 0.200. The van der Waals surface area contributed by atoms with E-state index in [1.165, 1.54) is 32.4 Å². The summed E-state index contributed by atoms with van der Waals surface area (Å²) in [6.45, 7) is 6.79. The SMILES string of the molecule is C=CCOC(=O)C(=C)C(=O)c1cc(OC)c(O)c(OC)c1. The van der Waals surface area contributed by atoms with Gasteiger partial charge in [0, 0.05) is 5.56 Å². The number of carbonyl (C=O) groups excluding carboxylic acids is 2. The van der Waals surface area contributed by atoms with Crippen molar-refractivity contribution in [1.29, 1.82) is 0 Å². The Morgan fingerprint density at radius 1 is 1.24 bits per heavy atom. The second-order valence-corrected chi connectivity index (χ2v) is 3.92. The van der Waals surface area contributed by atoms with Gasteiger partial charge in [-0.25, -0.2) is 4.79 Å². The molecule has 21 heavy (non-hydrogen) atoms. The molecule has 1 N–H and O–H groups in total. The van der Waals surface area contributed by atoms with Crippen LogP contribution < -0.4 is 9.47 Å². The molecule has 0 aliphatic heterocycles. The van der Waals surface area contributed by atoms with Crippen molar-refractivity contribution in [3.05, 3.63) is 42.5 Å². The summed E-state index contributed by atoms with van der Waals surface area (Å²) >= 11 is 0. The normalized spacial score (nSPS) is 9.62. The molecule has 0 aliphatic carbocycles. The van der Waals surface area contributed by atoms with Crippen molar-refractivity contribution >= 4 is 11.8 Å². The van der Waals surface area contributed by atoms with Gasteiger partial charge >= 0.3 is 5.97 Å². The minimum atomic E-state index is -0.842. The van der Waals surface area contributed by atoms with Crippen molar-refractivity contribution in [2.45, 2.75) is 0 Å². The van der Waals surface area contributed by atoms with Gasteiger partial charge in [-0.3, -0.25) is 4.79 Å². The van der Waals surface area contributed by atoms with Gasteiger partial charge in [0.1, 0.15) is 12.2 Å². The van der Waals surface area contributed by atoms with Crippen LogP contribution in [-0.2, 0) is 9.53 Å². The molecule has 0 radical (unpaired) electrons. The van der Waals surface area contributed by atoms with E-state index in [0.29, 0.717) is 0 Å². The molecule has 0 aromatic heterocycles. The summed E-state index contributed by atoms with van der Waals surface area (Å²) in [7, 11) is 2.66. The summed E-state index contributed by atoms with van der Waals surface area (Å²) in [4.78, 5) is 23.8. The van der Waals surface area contributed by atoms with Gasteiger partial charge in [-0.05, 0) is 12.1 Å². The molecule has 112 valence electrons. The van der Waals surface area contributed by atoms with Crippen LogP contribution in [-0.4, -0.2) is 37.7 Å². The van der Waals surface area contributed by atoms with Gasteiger partial charge < -0.3 is 19.3 Å². The molecule has 1 rings (SSSR count). The number of methoxy groups -OCH3 is 2. The first-order valence-corrected chi connectivity index (χ1v) is 5.92. The first-order valence-electron chi connectivity index (χ1n) is 5.92. The number of carbonyl (C=O) groups is 2. The highest BCUT2D eigenvalue weighted by Gasteiger charge is 2.22. The molecule has 0 fully saturated rings. The van der Waals surface area contributed by atoms with Crippen LogP contribution in [0.2, 0.25) is 0 Å². The molecule has 0 aliphatic rings. The van der Waals surface area contributed by atoms with Crippen LogP contribution in [0.1, 0.15) is 10.4 Å². The first-order chi connectivity index (χ1) is 9.96. The highest BCUT2D eigenvalue weighted by molar-refractivity contribution is 6.24. The van der Waals surface area contributed by atoms with E-state index in [9.17, 15) is 14.7 Å². The van der Waals surface area contributed by atoms with Crippen molar-refractivity contribution in [1.82, 2.24) is 0 Å². The summed E-state index contributed by atoms with van der Waals surface area (Å²) in [6, 6.07) is 2.57. The second-order valence-electron chi connectivity index (χ2n) is 3.92. The molecule has 0 atom stereocenters. The predicted octanol–water partition coefficient (Wildman–Crippen LogP) is 1.88. The lowest BCUT2D eigenvalue weighted by Crippen LogP contribution is -2.15. The van der Waals surface area contributed by atoms with Crippen molar-refractivity contribution in [3.8, 4) is 17.2 Å². The largest absolute Gasteiger partial charge is 0.502 e. The number of Topliss-reactive ketones (excluding diaryl/α,β-unsaturated/α-hetero) is 1. The molecular weight excluding hydrogens is 276 g/mol. The van der Waals surface area contributed by atoms with Crippen LogP contribution in [0.5, 0.6) is 17.2 Å². The highest BCUT2D eigenvalue weighted by Crippen LogP contribution is 2.37. The smallest absolute Gasteiger partial charge is 0.341 e. The standard InChI is InChI=1S/C15H16O6/c1-5-6-21-15(18)9(2)13(16)10-7-11(19-3)14(17)12(8-10)20-4/h5,7-8,17H,1-2,6H2,3-4H3. The Kier molecular flexibility index (Phi) is 5.54. The topological polar surface area (TPSA) is 82.1 Å².